The van der Waals surface area contributed by atoms with Gasteiger partial charge in [0.15, 0.2) is 0 Å². The van der Waals surface area contributed by atoms with E-state index in [4.69, 9.17) is 4.42 Å². The van der Waals surface area contributed by atoms with Crippen LogP contribution < -0.4 is 5.32 Å². The van der Waals surface area contributed by atoms with Gasteiger partial charge in [0, 0.05) is 6.54 Å². The quantitative estimate of drug-likeness (QED) is 0.802. The number of hydrogen-bond acceptors (Lipinski definition) is 3. The van der Waals surface area contributed by atoms with E-state index in [-0.39, 0.29) is 17.6 Å². The highest BCUT2D eigenvalue weighted by molar-refractivity contribution is 5.17. The highest BCUT2D eigenvalue weighted by Gasteiger charge is 2.22. The Bertz CT molecular complexity index is 342. The van der Waals surface area contributed by atoms with E-state index in [2.05, 4.69) is 33.0 Å². The van der Waals surface area contributed by atoms with Crippen LogP contribution in [0.4, 0.5) is 0 Å². The summed E-state index contributed by atoms with van der Waals surface area (Å²) in [6.45, 7) is 11.2. The monoisotopic (exact) mass is 239 g/mol. The Hall–Kier alpha value is -0.800. The Labute approximate surface area is 104 Å². The van der Waals surface area contributed by atoms with Crippen molar-refractivity contribution < 1.29 is 9.52 Å². The molecule has 0 saturated heterocycles. The Kier molecular flexibility index (Phi) is 4.78. The zero-order valence-corrected chi connectivity index (χ0v) is 11.6. The molecule has 3 heteroatoms. The van der Waals surface area contributed by atoms with Gasteiger partial charge < -0.3 is 14.8 Å². The van der Waals surface area contributed by atoms with E-state index >= 15 is 0 Å². The predicted molar refractivity (Wildman–Crippen MR) is 69.9 cm³/mol. The van der Waals surface area contributed by atoms with Crippen molar-refractivity contribution in [1.29, 1.82) is 0 Å². The number of aliphatic hydroxyl groups excluding tert-OH is 1. The van der Waals surface area contributed by atoms with Crippen LogP contribution in [-0.4, -0.2) is 17.8 Å². The lowest BCUT2D eigenvalue weighted by molar-refractivity contribution is 0.126. The maximum absolute atomic E-state index is 9.44. The molecule has 0 radical (unpaired) electrons. The Morgan fingerprint density at radius 1 is 1.41 bits per heavy atom. The maximum Gasteiger partial charge on any atom is 0.123 e. The molecule has 0 saturated carbocycles. The predicted octanol–water partition coefficient (Wildman–Crippen LogP) is 3.04. The van der Waals surface area contributed by atoms with Gasteiger partial charge in [-0.2, -0.15) is 0 Å². The molecule has 1 rings (SSSR count). The molecule has 1 aromatic rings. The van der Waals surface area contributed by atoms with Crippen LogP contribution in [0.3, 0.4) is 0 Å². The van der Waals surface area contributed by atoms with E-state index in [9.17, 15) is 5.11 Å². The van der Waals surface area contributed by atoms with Gasteiger partial charge in [-0.3, -0.25) is 0 Å². The first-order valence-electron chi connectivity index (χ1n) is 6.27. The van der Waals surface area contributed by atoms with Crippen LogP contribution in [0.5, 0.6) is 0 Å². The first kappa shape index (κ1) is 14.3. The van der Waals surface area contributed by atoms with Crippen molar-refractivity contribution in [3.63, 3.8) is 0 Å². The summed E-state index contributed by atoms with van der Waals surface area (Å²) in [5, 5.41) is 12.9. The molecule has 2 unspecified atom stereocenters. The van der Waals surface area contributed by atoms with E-state index in [0.29, 0.717) is 0 Å². The summed E-state index contributed by atoms with van der Waals surface area (Å²) in [5.41, 5.74) is 1.27. The van der Waals surface area contributed by atoms with Gasteiger partial charge in [0.1, 0.15) is 5.76 Å². The molecule has 17 heavy (non-hydrogen) atoms. The highest BCUT2D eigenvalue weighted by Crippen LogP contribution is 2.24. The Balaban J connectivity index is 2.48. The van der Waals surface area contributed by atoms with Crippen molar-refractivity contribution in [1.82, 2.24) is 5.32 Å². The van der Waals surface area contributed by atoms with Crippen molar-refractivity contribution in [2.75, 3.05) is 6.54 Å². The summed E-state index contributed by atoms with van der Waals surface area (Å²) >= 11 is 0. The van der Waals surface area contributed by atoms with Gasteiger partial charge in [0.05, 0.1) is 18.4 Å². The summed E-state index contributed by atoms with van der Waals surface area (Å²) in [4.78, 5) is 0. The van der Waals surface area contributed by atoms with Gasteiger partial charge in [0.25, 0.3) is 0 Å². The van der Waals surface area contributed by atoms with Crippen LogP contribution in [0, 0.1) is 12.3 Å². The first-order valence-corrected chi connectivity index (χ1v) is 6.27. The standard InChI is InChI=1S/C14H25NO2/c1-10-6-7-17-13(10)12(3)15-9-14(4,5)8-11(2)16/h6-7,11-12,15-16H,8-9H2,1-5H3. The van der Waals surface area contributed by atoms with Crippen LogP contribution in [0.25, 0.3) is 0 Å². The second kappa shape index (κ2) is 5.69. The molecule has 0 amide bonds. The van der Waals surface area contributed by atoms with Crippen molar-refractivity contribution in [2.24, 2.45) is 5.41 Å². The third-order valence-corrected chi connectivity index (χ3v) is 3.03. The van der Waals surface area contributed by atoms with Gasteiger partial charge in [-0.25, -0.2) is 0 Å². The largest absolute Gasteiger partial charge is 0.467 e. The molecule has 0 aliphatic carbocycles. The van der Waals surface area contributed by atoms with Crippen LogP contribution in [0.15, 0.2) is 16.7 Å². The van der Waals surface area contributed by atoms with Gasteiger partial charge in [-0.1, -0.05) is 13.8 Å². The molecule has 1 heterocycles. The molecular weight excluding hydrogens is 214 g/mol. The average Bonchev–Trinajstić information content (AvgIpc) is 2.59. The summed E-state index contributed by atoms with van der Waals surface area (Å²) in [6, 6.07) is 2.19. The lowest BCUT2D eigenvalue weighted by Crippen LogP contribution is -2.33. The lowest BCUT2D eigenvalue weighted by atomic mass is 9.86. The zero-order valence-electron chi connectivity index (χ0n) is 11.6. The second-order valence-electron chi connectivity index (χ2n) is 5.79. The molecule has 1 aromatic heterocycles. The number of nitrogens with one attached hydrogen (secondary N) is 1. The fourth-order valence-corrected chi connectivity index (χ4v) is 2.22. The third kappa shape index (κ3) is 4.52. The molecule has 2 N–H and O–H groups in total. The number of aryl methyl sites for hydroxylation is 1. The maximum atomic E-state index is 9.44. The van der Waals surface area contributed by atoms with Crippen molar-refractivity contribution >= 4 is 0 Å². The molecule has 3 nitrogen and oxygen atoms in total. The molecule has 0 aliphatic heterocycles. The smallest absolute Gasteiger partial charge is 0.123 e. The molecule has 0 bridgehead atoms. The van der Waals surface area contributed by atoms with Crippen LogP contribution in [-0.2, 0) is 0 Å². The van der Waals surface area contributed by atoms with E-state index in [1.807, 2.05) is 13.0 Å². The molecule has 98 valence electrons. The molecule has 0 aromatic carbocycles. The van der Waals surface area contributed by atoms with E-state index in [1.165, 1.54) is 5.56 Å². The summed E-state index contributed by atoms with van der Waals surface area (Å²) in [7, 11) is 0. The molecule has 0 spiro atoms. The minimum absolute atomic E-state index is 0.0862. The zero-order chi connectivity index (χ0) is 13.1. The number of aliphatic hydroxyl groups is 1. The minimum atomic E-state index is -0.257. The topological polar surface area (TPSA) is 45.4 Å². The Morgan fingerprint density at radius 3 is 2.53 bits per heavy atom. The van der Waals surface area contributed by atoms with E-state index in [1.54, 1.807) is 6.26 Å². The van der Waals surface area contributed by atoms with Gasteiger partial charge in [-0.15, -0.1) is 0 Å². The minimum Gasteiger partial charge on any atom is -0.467 e. The average molecular weight is 239 g/mol. The number of rotatable bonds is 6. The molecular formula is C14H25NO2. The van der Waals surface area contributed by atoms with Crippen molar-refractivity contribution in [3.05, 3.63) is 23.7 Å². The fourth-order valence-electron chi connectivity index (χ4n) is 2.22. The molecule has 0 aliphatic rings. The van der Waals surface area contributed by atoms with E-state index < -0.39 is 0 Å². The lowest BCUT2D eigenvalue weighted by Gasteiger charge is -2.28. The Morgan fingerprint density at radius 2 is 2.06 bits per heavy atom. The van der Waals surface area contributed by atoms with Gasteiger partial charge >= 0.3 is 0 Å². The highest BCUT2D eigenvalue weighted by atomic mass is 16.3. The number of furan rings is 1. The van der Waals surface area contributed by atoms with Crippen molar-refractivity contribution in [3.8, 4) is 0 Å². The van der Waals surface area contributed by atoms with Crippen LogP contribution in [0.1, 0.15) is 51.5 Å². The van der Waals surface area contributed by atoms with E-state index in [0.717, 1.165) is 18.7 Å². The SMILES string of the molecule is Cc1ccoc1C(C)NCC(C)(C)CC(C)O. The normalized spacial score (nSPS) is 15.9. The van der Waals surface area contributed by atoms with Crippen molar-refractivity contribution in [2.45, 2.75) is 53.2 Å². The van der Waals surface area contributed by atoms with Gasteiger partial charge in [-0.05, 0) is 44.2 Å². The summed E-state index contributed by atoms with van der Waals surface area (Å²) in [6.07, 6.45) is 2.26. The first-order chi connectivity index (χ1) is 7.82. The van der Waals surface area contributed by atoms with Gasteiger partial charge in [0.2, 0.25) is 0 Å². The molecule has 0 fully saturated rings. The fraction of sp³-hybridized carbons (Fsp3) is 0.714. The van der Waals surface area contributed by atoms with Crippen LogP contribution >= 0.6 is 0 Å². The number of hydrogen-bond donors (Lipinski definition) is 2. The summed E-state index contributed by atoms with van der Waals surface area (Å²) < 4.78 is 5.46. The molecule has 2 atom stereocenters. The summed E-state index contributed by atoms with van der Waals surface area (Å²) in [5.74, 6) is 0.998. The third-order valence-electron chi connectivity index (χ3n) is 3.03. The van der Waals surface area contributed by atoms with Crippen LogP contribution in [0.2, 0.25) is 0 Å². The second-order valence-corrected chi connectivity index (χ2v) is 5.79.